The van der Waals surface area contributed by atoms with Crippen molar-refractivity contribution in [2.24, 2.45) is 0 Å². The van der Waals surface area contributed by atoms with Crippen LogP contribution >= 0.6 is 0 Å². The molecule has 0 bridgehead atoms. The highest BCUT2D eigenvalue weighted by Crippen LogP contribution is 1.96. The van der Waals surface area contributed by atoms with Crippen molar-refractivity contribution in [2.75, 3.05) is 26.8 Å². The van der Waals surface area contributed by atoms with Crippen molar-refractivity contribution in [3.05, 3.63) is 0 Å². The zero-order valence-corrected chi connectivity index (χ0v) is 8.06. The maximum Gasteiger partial charge on any atom is 0.129 e. The van der Waals surface area contributed by atoms with Crippen LogP contribution in [0, 0.1) is 0 Å². The summed E-state index contributed by atoms with van der Waals surface area (Å²) in [6, 6.07) is 0. The molecular formula is C9H19NO2. The van der Waals surface area contributed by atoms with Gasteiger partial charge in [-0.05, 0) is 26.8 Å². The number of rotatable bonds is 8. The van der Waals surface area contributed by atoms with Gasteiger partial charge in [0.1, 0.15) is 5.78 Å². The van der Waals surface area contributed by atoms with Gasteiger partial charge in [0.2, 0.25) is 0 Å². The smallest absolute Gasteiger partial charge is 0.129 e. The van der Waals surface area contributed by atoms with Gasteiger partial charge in [-0.25, -0.2) is 0 Å². The standard InChI is InChI=1S/C9H19NO2/c1-9(11)5-3-4-7-12-8-6-10-2/h10H,3-8H2,1-2H3. The van der Waals surface area contributed by atoms with E-state index < -0.39 is 0 Å². The Morgan fingerprint density at radius 3 is 2.67 bits per heavy atom. The number of hydrogen-bond donors (Lipinski definition) is 1. The second-order valence-corrected chi connectivity index (χ2v) is 2.88. The fraction of sp³-hybridized carbons (Fsp3) is 0.889. The van der Waals surface area contributed by atoms with Crippen molar-refractivity contribution in [2.45, 2.75) is 26.2 Å². The monoisotopic (exact) mass is 173 g/mol. The molecule has 0 aliphatic carbocycles. The molecule has 0 atom stereocenters. The van der Waals surface area contributed by atoms with Crippen LogP contribution in [0.3, 0.4) is 0 Å². The summed E-state index contributed by atoms with van der Waals surface area (Å²) in [6.45, 7) is 4.06. The maximum absolute atomic E-state index is 10.5. The number of unbranched alkanes of at least 4 members (excludes halogenated alkanes) is 1. The second-order valence-electron chi connectivity index (χ2n) is 2.88. The van der Waals surface area contributed by atoms with Gasteiger partial charge in [0.25, 0.3) is 0 Å². The van der Waals surface area contributed by atoms with E-state index in [1.54, 1.807) is 6.92 Å². The van der Waals surface area contributed by atoms with Gasteiger partial charge in [-0.1, -0.05) is 0 Å². The predicted molar refractivity (Wildman–Crippen MR) is 49.3 cm³/mol. The first kappa shape index (κ1) is 11.6. The molecule has 1 N–H and O–H groups in total. The lowest BCUT2D eigenvalue weighted by atomic mass is 10.2. The van der Waals surface area contributed by atoms with Crippen LogP contribution in [0.15, 0.2) is 0 Å². The number of hydrogen-bond acceptors (Lipinski definition) is 3. The number of ether oxygens (including phenoxy) is 1. The van der Waals surface area contributed by atoms with Crippen molar-refractivity contribution in [1.29, 1.82) is 0 Å². The first-order chi connectivity index (χ1) is 5.77. The fourth-order valence-electron chi connectivity index (χ4n) is 0.854. The normalized spacial score (nSPS) is 10.2. The second kappa shape index (κ2) is 8.68. The van der Waals surface area contributed by atoms with Crippen molar-refractivity contribution in [3.8, 4) is 0 Å². The molecule has 3 heteroatoms. The molecule has 0 saturated heterocycles. The highest BCUT2D eigenvalue weighted by molar-refractivity contribution is 5.75. The zero-order valence-electron chi connectivity index (χ0n) is 8.06. The van der Waals surface area contributed by atoms with Crippen molar-refractivity contribution in [3.63, 3.8) is 0 Å². The van der Waals surface area contributed by atoms with Gasteiger partial charge in [-0.3, -0.25) is 0 Å². The number of carbonyl (C=O) groups excluding carboxylic acids is 1. The first-order valence-electron chi connectivity index (χ1n) is 4.49. The van der Waals surface area contributed by atoms with Crippen molar-refractivity contribution >= 4 is 5.78 Å². The van der Waals surface area contributed by atoms with E-state index in [2.05, 4.69) is 5.32 Å². The summed E-state index contributed by atoms with van der Waals surface area (Å²) in [7, 11) is 1.90. The quantitative estimate of drug-likeness (QED) is 0.556. The summed E-state index contributed by atoms with van der Waals surface area (Å²) >= 11 is 0. The zero-order chi connectivity index (χ0) is 9.23. The van der Waals surface area contributed by atoms with Crippen LogP contribution in [0.4, 0.5) is 0 Å². The summed E-state index contributed by atoms with van der Waals surface area (Å²) in [5.41, 5.74) is 0. The third kappa shape index (κ3) is 9.59. The molecule has 0 aromatic carbocycles. The van der Waals surface area contributed by atoms with Crippen LogP contribution in [-0.4, -0.2) is 32.6 Å². The molecule has 0 aliphatic heterocycles. The minimum atomic E-state index is 0.269. The van der Waals surface area contributed by atoms with E-state index in [1.165, 1.54) is 0 Å². The van der Waals surface area contributed by atoms with E-state index in [0.29, 0.717) is 6.42 Å². The van der Waals surface area contributed by atoms with E-state index in [9.17, 15) is 4.79 Å². The molecule has 0 aliphatic rings. The molecule has 3 nitrogen and oxygen atoms in total. The molecule has 0 heterocycles. The largest absolute Gasteiger partial charge is 0.380 e. The van der Waals surface area contributed by atoms with Gasteiger partial charge in [0.15, 0.2) is 0 Å². The lowest BCUT2D eigenvalue weighted by Gasteiger charge is -2.02. The number of Topliss-reactive ketones (excluding diaryl/α,β-unsaturated/α-hetero) is 1. The van der Waals surface area contributed by atoms with Crippen molar-refractivity contribution < 1.29 is 9.53 Å². The van der Waals surface area contributed by atoms with Crippen LogP contribution < -0.4 is 5.32 Å². The highest BCUT2D eigenvalue weighted by atomic mass is 16.5. The van der Waals surface area contributed by atoms with Gasteiger partial charge in [0.05, 0.1) is 6.61 Å². The van der Waals surface area contributed by atoms with Gasteiger partial charge < -0.3 is 14.8 Å². The molecule has 0 spiro atoms. The van der Waals surface area contributed by atoms with E-state index in [0.717, 1.165) is 32.6 Å². The summed E-state index contributed by atoms with van der Waals surface area (Å²) in [5.74, 6) is 0.269. The lowest BCUT2D eigenvalue weighted by Crippen LogP contribution is -2.14. The Morgan fingerprint density at radius 2 is 2.08 bits per heavy atom. The average Bonchev–Trinajstić information content (AvgIpc) is 2.02. The van der Waals surface area contributed by atoms with Crippen molar-refractivity contribution in [1.82, 2.24) is 5.32 Å². The van der Waals surface area contributed by atoms with Crippen LogP contribution in [0.25, 0.3) is 0 Å². The predicted octanol–water partition coefficient (Wildman–Crippen LogP) is 0.982. The minimum absolute atomic E-state index is 0.269. The molecule has 0 fully saturated rings. The molecular weight excluding hydrogens is 154 g/mol. The lowest BCUT2D eigenvalue weighted by molar-refractivity contribution is -0.117. The minimum Gasteiger partial charge on any atom is -0.380 e. The number of likely N-dealkylation sites (N-methyl/N-ethyl adjacent to an activating group) is 1. The Kier molecular flexibility index (Phi) is 8.39. The van der Waals surface area contributed by atoms with Crippen LogP contribution in [-0.2, 0) is 9.53 Å². The summed E-state index contributed by atoms with van der Waals surface area (Å²) in [6.07, 6.45) is 2.63. The molecule has 12 heavy (non-hydrogen) atoms. The Balaban J connectivity index is 2.86. The number of nitrogens with one attached hydrogen (secondary N) is 1. The topological polar surface area (TPSA) is 38.3 Å². The molecule has 0 saturated carbocycles. The summed E-state index contributed by atoms with van der Waals surface area (Å²) < 4.78 is 5.28. The summed E-state index contributed by atoms with van der Waals surface area (Å²) in [4.78, 5) is 10.5. The van der Waals surface area contributed by atoms with E-state index in [-0.39, 0.29) is 5.78 Å². The maximum atomic E-state index is 10.5. The molecule has 0 aromatic rings. The molecule has 0 aromatic heterocycles. The van der Waals surface area contributed by atoms with Gasteiger partial charge in [-0.15, -0.1) is 0 Å². The number of ketones is 1. The molecule has 72 valence electrons. The molecule has 0 radical (unpaired) electrons. The molecule has 0 rings (SSSR count). The average molecular weight is 173 g/mol. The molecule has 0 amide bonds. The first-order valence-corrected chi connectivity index (χ1v) is 4.49. The molecule has 0 unspecified atom stereocenters. The Hall–Kier alpha value is -0.410. The number of carbonyl (C=O) groups is 1. The van der Waals surface area contributed by atoms with Crippen LogP contribution in [0.5, 0.6) is 0 Å². The fourth-order valence-corrected chi connectivity index (χ4v) is 0.854. The summed E-state index contributed by atoms with van der Waals surface area (Å²) in [5, 5.41) is 3.00. The van der Waals surface area contributed by atoms with E-state index in [4.69, 9.17) is 4.74 Å². The SMILES string of the molecule is CNCCOCCCCC(C)=O. The third-order valence-electron chi connectivity index (χ3n) is 1.56. The van der Waals surface area contributed by atoms with Crippen LogP contribution in [0.1, 0.15) is 26.2 Å². The van der Waals surface area contributed by atoms with Gasteiger partial charge in [0, 0.05) is 19.6 Å². The highest BCUT2D eigenvalue weighted by Gasteiger charge is 1.93. The third-order valence-corrected chi connectivity index (χ3v) is 1.56. The Morgan fingerprint density at radius 1 is 1.33 bits per heavy atom. The van der Waals surface area contributed by atoms with E-state index in [1.807, 2.05) is 7.05 Å². The van der Waals surface area contributed by atoms with Gasteiger partial charge >= 0.3 is 0 Å². The Bertz CT molecular complexity index is 115. The Labute approximate surface area is 74.5 Å². The van der Waals surface area contributed by atoms with Gasteiger partial charge in [-0.2, -0.15) is 0 Å². The van der Waals surface area contributed by atoms with Crippen LogP contribution in [0.2, 0.25) is 0 Å². The van der Waals surface area contributed by atoms with E-state index >= 15 is 0 Å².